The van der Waals surface area contributed by atoms with Gasteiger partial charge in [0, 0.05) is 34.0 Å². The zero-order chi connectivity index (χ0) is 20.3. The van der Waals surface area contributed by atoms with Crippen molar-refractivity contribution in [1.82, 2.24) is 9.97 Å². The van der Waals surface area contributed by atoms with Gasteiger partial charge in [0.1, 0.15) is 4.88 Å². The highest BCUT2D eigenvalue weighted by Crippen LogP contribution is 2.34. The summed E-state index contributed by atoms with van der Waals surface area (Å²) in [5.41, 5.74) is 3.37. The maximum Gasteiger partial charge on any atom is 0.209 e. The van der Waals surface area contributed by atoms with E-state index < -0.39 is 0 Å². The van der Waals surface area contributed by atoms with E-state index in [0.717, 1.165) is 22.3 Å². The van der Waals surface area contributed by atoms with Gasteiger partial charge in [0.15, 0.2) is 10.9 Å². The number of thiazole rings is 1. The Morgan fingerprint density at radius 2 is 1.43 bits per heavy atom. The van der Waals surface area contributed by atoms with Gasteiger partial charge in [0.25, 0.3) is 0 Å². The number of benzene rings is 3. The van der Waals surface area contributed by atoms with E-state index in [1.807, 2.05) is 84.9 Å². The normalized spacial score (nSPS) is 10.8. The highest BCUT2D eigenvalue weighted by molar-refractivity contribution is 7.18. The molecule has 30 heavy (non-hydrogen) atoms. The third-order valence-corrected chi connectivity index (χ3v) is 5.70. The van der Waals surface area contributed by atoms with Crippen LogP contribution in [0.4, 0.5) is 22.3 Å². The van der Waals surface area contributed by atoms with Crippen molar-refractivity contribution in [2.45, 2.75) is 0 Å². The summed E-state index contributed by atoms with van der Waals surface area (Å²) in [7, 11) is 0. The third-order valence-electron chi connectivity index (χ3n) is 4.73. The van der Waals surface area contributed by atoms with E-state index >= 15 is 0 Å². The molecule has 0 saturated carbocycles. The summed E-state index contributed by atoms with van der Waals surface area (Å²) in [6.45, 7) is 0. The molecule has 0 atom stereocenters. The van der Waals surface area contributed by atoms with E-state index in [-0.39, 0.29) is 5.78 Å². The van der Waals surface area contributed by atoms with Gasteiger partial charge in [-0.15, -0.1) is 0 Å². The second kappa shape index (κ2) is 7.85. The van der Waals surface area contributed by atoms with Crippen molar-refractivity contribution in [3.63, 3.8) is 0 Å². The highest BCUT2D eigenvalue weighted by atomic mass is 32.1. The van der Waals surface area contributed by atoms with E-state index in [9.17, 15) is 4.79 Å². The Bertz CT molecular complexity index is 1310. The molecule has 2 aromatic heterocycles. The summed E-state index contributed by atoms with van der Waals surface area (Å²) in [6, 6.07) is 27.3. The summed E-state index contributed by atoms with van der Waals surface area (Å²) in [5, 5.41) is 8.15. The summed E-state index contributed by atoms with van der Waals surface area (Å²) in [4.78, 5) is 21.9. The number of anilines is 4. The lowest BCUT2D eigenvalue weighted by atomic mass is 10.1. The van der Waals surface area contributed by atoms with Crippen LogP contribution in [0.3, 0.4) is 0 Å². The van der Waals surface area contributed by atoms with Crippen molar-refractivity contribution < 1.29 is 4.79 Å². The minimum atomic E-state index is -0.0653. The standard InChI is InChI=1S/C24H18N4OS/c29-21(19-15-25-20-14-8-7-13-18(19)20)22-23(26-16-9-3-1-4-10-16)28-24(30-22)27-17-11-5-2-6-12-17/h1-15,25-26H,(H,27,28). The number of para-hydroxylation sites is 3. The van der Waals surface area contributed by atoms with Crippen molar-refractivity contribution in [2.24, 2.45) is 0 Å². The zero-order valence-electron chi connectivity index (χ0n) is 15.9. The second-order valence-corrected chi connectivity index (χ2v) is 7.75. The van der Waals surface area contributed by atoms with Gasteiger partial charge >= 0.3 is 0 Å². The minimum Gasteiger partial charge on any atom is -0.360 e. The number of carbonyl (C=O) groups excluding carboxylic acids is 1. The van der Waals surface area contributed by atoms with Crippen LogP contribution in [0.2, 0.25) is 0 Å². The molecule has 0 amide bonds. The topological polar surface area (TPSA) is 69.8 Å². The Balaban J connectivity index is 1.55. The predicted octanol–water partition coefficient (Wildman–Crippen LogP) is 6.34. The number of nitrogens with one attached hydrogen (secondary N) is 3. The number of ketones is 1. The van der Waals surface area contributed by atoms with Crippen LogP contribution in [0.1, 0.15) is 15.2 Å². The van der Waals surface area contributed by atoms with Crippen LogP contribution in [0.25, 0.3) is 10.9 Å². The lowest BCUT2D eigenvalue weighted by molar-refractivity contribution is 0.104. The van der Waals surface area contributed by atoms with Crippen LogP contribution in [-0.4, -0.2) is 15.8 Å². The Labute approximate surface area is 177 Å². The fourth-order valence-corrected chi connectivity index (χ4v) is 4.19. The molecule has 0 spiro atoms. The Morgan fingerprint density at radius 3 is 2.17 bits per heavy atom. The molecule has 0 unspecified atom stereocenters. The number of hydrogen-bond donors (Lipinski definition) is 3. The molecule has 3 N–H and O–H groups in total. The lowest BCUT2D eigenvalue weighted by Crippen LogP contribution is -2.02. The average Bonchev–Trinajstić information content (AvgIpc) is 3.39. The first-order chi connectivity index (χ1) is 14.8. The molecule has 0 aliphatic heterocycles. The molecule has 0 radical (unpaired) electrons. The Hall–Kier alpha value is -3.90. The molecule has 0 saturated heterocycles. The molecule has 5 aromatic rings. The quantitative estimate of drug-likeness (QED) is 0.286. The highest BCUT2D eigenvalue weighted by Gasteiger charge is 2.22. The number of rotatable bonds is 6. The first kappa shape index (κ1) is 18.1. The van der Waals surface area contributed by atoms with Gasteiger partial charge in [0.2, 0.25) is 5.78 Å². The van der Waals surface area contributed by atoms with Crippen LogP contribution in [-0.2, 0) is 0 Å². The molecule has 146 valence electrons. The van der Waals surface area contributed by atoms with Crippen LogP contribution in [0.5, 0.6) is 0 Å². The van der Waals surface area contributed by atoms with Crippen molar-refractivity contribution >= 4 is 50.3 Å². The van der Waals surface area contributed by atoms with E-state index in [2.05, 4.69) is 20.6 Å². The Kier molecular flexibility index (Phi) is 4.75. The van der Waals surface area contributed by atoms with E-state index in [1.54, 1.807) is 6.20 Å². The minimum absolute atomic E-state index is 0.0653. The third kappa shape index (κ3) is 3.56. The van der Waals surface area contributed by atoms with Crippen molar-refractivity contribution in [2.75, 3.05) is 10.6 Å². The Morgan fingerprint density at radius 1 is 0.800 bits per heavy atom. The molecule has 0 fully saturated rings. The average molecular weight is 411 g/mol. The molecule has 0 bridgehead atoms. The monoisotopic (exact) mass is 410 g/mol. The summed E-state index contributed by atoms with van der Waals surface area (Å²) < 4.78 is 0. The van der Waals surface area contributed by atoms with Gasteiger partial charge in [-0.05, 0) is 30.3 Å². The van der Waals surface area contributed by atoms with E-state index in [1.165, 1.54) is 11.3 Å². The number of carbonyl (C=O) groups is 1. The first-order valence-corrected chi connectivity index (χ1v) is 10.4. The predicted molar refractivity (Wildman–Crippen MR) is 123 cm³/mol. The van der Waals surface area contributed by atoms with Crippen molar-refractivity contribution in [1.29, 1.82) is 0 Å². The summed E-state index contributed by atoms with van der Waals surface area (Å²) in [5.74, 6) is 0.476. The van der Waals surface area contributed by atoms with Crippen molar-refractivity contribution in [3.05, 3.63) is 102 Å². The van der Waals surface area contributed by atoms with Gasteiger partial charge in [-0.2, -0.15) is 0 Å². The van der Waals surface area contributed by atoms with Gasteiger partial charge in [-0.25, -0.2) is 4.98 Å². The number of H-pyrrole nitrogens is 1. The number of hydrogen-bond acceptors (Lipinski definition) is 5. The molecule has 5 rings (SSSR count). The maximum absolute atomic E-state index is 13.5. The fraction of sp³-hybridized carbons (Fsp3) is 0. The molecule has 3 aromatic carbocycles. The lowest BCUT2D eigenvalue weighted by Gasteiger charge is -2.05. The molecule has 5 nitrogen and oxygen atoms in total. The number of fused-ring (bicyclic) bond motifs is 1. The number of nitrogens with zero attached hydrogens (tertiary/aromatic N) is 1. The van der Waals surface area contributed by atoms with Gasteiger partial charge < -0.3 is 15.6 Å². The summed E-state index contributed by atoms with van der Waals surface area (Å²) in [6.07, 6.45) is 1.77. The van der Waals surface area contributed by atoms with E-state index in [0.29, 0.717) is 21.4 Å². The first-order valence-electron chi connectivity index (χ1n) is 9.54. The SMILES string of the molecule is O=C(c1sc(Nc2ccccc2)nc1Nc1ccccc1)c1c[nH]c2ccccc12. The molecule has 2 heterocycles. The number of aromatic nitrogens is 2. The van der Waals surface area contributed by atoms with Crippen molar-refractivity contribution in [3.8, 4) is 0 Å². The fourth-order valence-electron chi connectivity index (χ4n) is 3.30. The number of aromatic amines is 1. The van der Waals surface area contributed by atoms with Crippen LogP contribution < -0.4 is 10.6 Å². The summed E-state index contributed by atoms with van der Waals surface area (Å²) >= 11 is 1.34. The van der Waals surface area contributed by atoms with Gasteiger partial charge in [0.05, 0.1) is 0 Å². The maximum atomic E-state index is 13.5. The largest absolute Gasteiger partial charge is 0.360 e. The van der Waals surface area contributed by atoms with Crippen LogP contribution in [0, 0.1) is 0 Å². The molecular weight excluding hydrogens is 392 g/mol. The molecular formula is C24H18N4OS. The molecule has 6 heteroatoms. The van der Waals surface area contributed by atoms with Gasteiger partial charge in [-0.3, -0.25) is 4.79 Å². The van der Waals surface area contributed by atoms with Crippen LogP contribution in [0.15, 0.2) is 91.1 Å². The van der Waals surface area contributed by atoms with Crippen LogP contribution >= 0.6 is 11.3 Å². The van der Waals surface area contributed by atoms with Gasteiger partial charge in [-0.1, -0.05) is 65.9 Å². The smallest absolute Gasteiger partial charge is 0.209 e. The molecule has 0 aliphatic carbocycles. The zero-order valence-corrected chi connectivity index (χ0v) is 16.7. The van der Waals surface area contributed by atoms with E-state index in [4.69, 9.17) is 0 Å². The second-order valence-electron chi connectivity index (χ2n) is 6.76. The molecule has 0 aliphatic rings.